The van der Waals surface area contributed by atoms with Crippen LogP contribution in [0.1, 0.15) is 43.2 Å². The van der Waals surface area contributed by atoms with Crippen LogP contribution in [0.3, 0.4) is 0 Å². The van der Waals surface area contributed by atoms with E-state index in [9.17, 15) is 9.59 Å². The van der Waals surface area contributed by atoms with E-state index in [0.29, 0.717) is 28.6 Å². The fraction of sp³-hybridized carbons (Fsp3) is 0.292. The number of carbonyl (C=O) groups excluding carboxylic acids is 2. The Balaban J connectivity index is 1.58. The van der Waals surface area contributed by atoms with Crippen molar-refractivity contribution in [3.63, 3.8) is 0 Å². The molecule has 1 fully saturated rings. The number of imide groups is 1. The largest absolute Gasteiger partial charge is 0.491 e. The van der Waals surface area contributed by atoms with Gasteiger partial charge in [0.1, 0.15) is 24.2 Å². The summed E-state index contributed by atoms with van der Waals surface area (Å²) < 4.78 is 6.39. The number of nitrogens with one attached hydrogen (secondary N) is 2. The van der Waals surface area contributed by atoms with Gasteiger partial charge in [0.2, 0.25) is 0 Å². The van der Waals surface area contributed by atoms with Crippen molar-refractivity contribution in [2.75, 3.05) is 13.2 Å². The standard InChI is InChI=1S/C24H24ClIN4O4/c1-2-3-20(22-27-13-19(28-22)17-9-6-15(26)12-18(17)25)30-23(32)21(29-24(30)33)14-4-7-16(8-5-14)34-11-10-31/h4-9,12-13,20-21,31H,2-3,10-11H2,1H3,(H,27,28)(H,29,33)/t20-,21?/m0/s1. The monoisotopic (exact) mass is 594 g/mol. The Morgan fingerprint density at radius 2 is 2.00 bits per heavy atom. The second kappa shape index (κ2) is 10.7. The zero-order valence-corrected chi connectivity index (χ0v) is 21.3. The molecule has 0 bridgehead atoms. The van der Waals surface area contributed by atoms with Gasteiger partial charge in [-0.1, -0.05) is 43.1 Å². The van der Waals surface area contributed by atoms with Crippen LogP contribution in [0.15, 0.2) is 48.7 Å². The van der Waals surface area contributed by atoms with E-state index in [-0.39, 0.29) is 19.1 Å². The van der Waals surface area contributed by atoms with Gasteiger partial charge in [0.05, 0.1) is 29.6 Å². The number of ether oxygens (including phenoxy) is 1. The second-order valence-electron chi connectivity index (χ2n) is 7.84. The summed E-state index contributed by atoms with van der Waals surface area (Å²) >= 11 is 8.61. The molecule has 4 rings (SSSR count). The first-order chi connectivity index (χ1) is 16.4. The molecule has 178 valence electrons. The number of benzene rings is 2. The van der Waals surface area contributed by atoms with Crippen LogP contribution in [0.4, 0.5) is 4.79 Å². The molecular formula is C24H24ClIN4O4. The number of imidazole rings is 1. The summed E-state index contributed by atoms with van der Waals surface area (Å²) in [5.74, 6) is 0.772. The van der Waals surface area contributed by atoms with E-state index < -0.39 is 18.1 Å². The van der Waals surface area contributed by atoms with Gasteiger partial charge in [-0.3, -0.25) is 9.69 Å². The van der Waals surface area contributed by atoms with Crippen LogP contribution in [0, 0.1) is 3.57 Å². The van der Waals surface area contributed by atoms with Gasteiger partial charge in [0.15, 0.2) is 0 Å². The molecule has 10 heteroatoms. The fourth-order valence-electron chi connectivity index (χ4n) is 3.95. The summed E-state index contributed by atoms with van der Waals surface area (Å²) in [5.41, 5.74) is 2.17. The topological polar surface area (TPSA) is 108 Å². The summed E-state index contributed by atoms with van der Waals surface area (Å²) in [4.78, 5) is 35.3. The average Bonchev–Trinajstić information content (AvgIpc) is 3.41. The third-order valence-corrected chi connectivity index (χ3v) is 6.53. The lowest BCUT2D eigenvalue weighted by molar-refractivity contribution is -0.129. The van der Waals surface area contributed by atoms with E-state index in [1.54, 1.807) is 30.5 Å². The van der Waals surface area contributed by atoms with Crippen molar-refractivity contribution in [3.8, 4) is 17.0 Å². The molecule has 0 saturated carbocycles. The highest BCUT2D eigenvalue weighted by atomic mass is 127. The highest BCUT2D eigenvalue weighted by Gasteiger charge is 2.43. The predicted octanol–water partition coefficient (Wildman–Crippen LogP) is 4.84. The molecule has 8 nitrogen and oxygen atoms in total. The number of hydrogen-bond donors (Lipinski definition) is 3. The summed E-state index contributed by atoms with van der Waals surface area (Å²) in [5, 5.41) is 12.3. The number of halogens is 2. The molecule has 1 aromatic heterocycles. The number of amides is 3. The minimum atomic E-state index is -0.793. The lowest BCUT2D eigenvalue weighted by atomic mass is 10.1. The molecule has 0 spiro atoms. The van der Waals surface area contributed by atoms with Gasteiger partial charge >= 0.3 is 6.03 Å². The number of hydrogen-bond acceptors (Lipinski definition) is 5. The first-order valence-corrected chi connectivity index (χ1v) is 12.4. The number of aromatic amines is 1. The summed E-state index contributed by atoms with van der Waals surface area (Å²) in [6, 6.07) is 10.8. The van der Waals surface area contributed by atoms with E-state index in [2.05, 4.69) is 37.9 Å². The van der Waals surface area contributed by atoms with Crippen LogP contribution in [0.2, 0.25) is 5.02 Å². The number of aliphatic hydroxyl groups is 1. The van der Waals surface area contributed by atoms with Crippen LogP contribution >= 0.6 is 34.2 Å². The zero-order valence-electron chi connectivity index (χ0n) is 18.4. The summed E-state index contributed by atoms with van der Waals surface area (Å²) in [6.07, 6.45) is 2.99. The van der Waals surface area contributed by atoms with Crippen molar-refractivity contribution in [3.05, 3.63) is 68.6 Å². The molecule has 3 aromatic rings. The maximum atomic E-state index is 13.3. The molecule has 3 N–H and O–H groups in total. The highest BCUT2D eigenvalue weighted by molar-refractivity contribution is 14.1. The molecule has 2 aromatic carbocycles. The summed E-state index contributed by atoms with van der Waals surface area (Å²) in [7, 11) is 0. The van der Waals surface area contributed by atoms with Crippen LogP contribution in [-0.4, -0.2) is 45.1 Å². The maximum absolute atomic E-state index is 13.3. The SMILES string of the molecule is CCC[C@@H](c1ncc(-c2ccc(I)cc2Cl)[nH]1)N1C(=O)NC(c2ccc(OCCO)cc2)C1=O. The normalized spacial score (nSPS) is 16.6. The van der Waals surface area contributed by atoms with E-state index in [1.165, 1.54) is 4.90 Å². The predicted molar refractivity (Wildman–Crippen MR) is 137 cm³/mol. The third-order valence-electron chi connectivity index (χ3n) is 5.55. The van der Waals surface area contributed by atoms with Crippen molar-refractivity contribution in [2.24, 2.45) is 0 Å². The molecule has 1 saturated heterocycles. The Labute approximate surface area is 215 Å². The molecule has 1 unspecified atom stereocenters. The minimum Gasteiger partial charge on any atom is -0.491 e. The number of aliphatic hydroxyl groups excluding tert-OH is 1. The molecule has 3 amide bonds. The number of urea groups is 1. The lowest BCUT2D eigenvalue weighted by Gasteiger charge is -2.23. The Bertz CT molecular complexity index is 1180. The molecule has 2 heterocycles. The summed E-state index contributed by atoms with van der Waals surface area (Å²) in [6.45, 7) is 2.09. The van der Waals surface area contributed by atoms with Crippen molar-refractivity contribution in [1.82, 2.24) is 20.2 Å². The van der Waals surface area contributed by atoms with Crippen LogP contribution in [0.5, 0.6) is 5.75 Å². The Morgan fingerprint density at radius 1 is 1.24 bits per heavy atom. The molecule has 0 radical (unpaired) electrons. The molecule has 1 aliphatic rings. The number of carbonyl (C=O) groups is 2. The molecule has 34 heavy (non-hydrogen) atoms. The van der Waals surface area contributed by atoms with Gasteiger partial charge < -0.3 is 20.1 Å². The zero-order chi connectivity index (χ0) is 24.2. The minimum absolute atomic E-state index is 0.0863. The third kappa shape index (κ3) is 5.06. The van der Waals surface area contributed by atoms with Crippen molar-refractivity contribution in [1.29, 1.82) is 0 Å². The molecule has 2 atom stereocenters. The van der Waals surface area contributed by atoms with Crippen molar-refractivity contribution in [2.45, 2.75) is 31.8 Å². The molecule has 1 aliphatic heterocycles. The van der Waals surface area contributed by atoms with E-state index >= 15 is 0 Å². The molecular weight excluding hydrogens is 571 g/mol. The highest BCUT2D eigenvalue weighted by Crippen LogP contribution is 2.34. The fourth-order valence-corrected chi connectivity index (χ4v) is 4.90. The van der Waals surface area contributed by atoms with Gasteiger partial charge in [-0.2, -0.15) is 0 Å². The maximum Gasteiger partial charge on any atom is 0.325 e. The van der Waals surface area contributed by atoms with Gasteiger partial charge in [0, 0.05) is 9.13 Å². The van der Waals surface area contributed by atoms with Crippen molar-refractivity contribution >= 4 is 46.1 Å². The molecule has 0 aliphatic carbocycles. The number of aromatic nitrogens is 2. The van der Waals surface area contributed by atoms with Crippen LogP contribution < -0.4 is 10.1 Å². The van der Waals surface area contributed by atoms with Gasteiger partial charge in [-0.25, -0.2) is 9.78 Å². The number of H-pyrrole nitrogens is 1. The van der Waals surface area contributed by atoms with Gasteiger partial charge in [-0.05, 0) is 58.8 Å². The quantitative estimate of drug-likeness (QED) is 0.243. The van der Waals surface area contributed by atoms with Crippen LogP contribution in [0.25, 0.3) is 11.3 Å². The first-order valence-electron chi connectivity index (χ1n) is 10.9. The average molecular weight is 595 g/mol. The number of rotatable bonds is 9. The number of nitrogens with zero attached hydrogens (tertiary/aromatic N) is 2. The first kappa shape index (κ1) is 24.5. The second-order valence-corrected chi connectivity index (χ2v) is 9.50. The van der Waals surface area contributed by atoms with Crippen molar-refractivity contribution < 1.29 is 19.4 Å². The van der Waals surface area contributed by atoms with E-state index in [0.717, 1.165) is 21.2 Å². The Hall–Kier alpha value is -2.63. The smallest absolute Gasteiger partial charge is 0.325 e. The van der Waals surface area contributed by atoms with Gasteiger partial charge in [0.25, 0.3) is 5.91 Å². The lowest BCUT2D eigenvalue weighted by Crippen LogP contribution is -2.35. The van der Waals surface area contributed by atoms with E-state index in [4.69, 9.17) is 21.4 Å². The Morgan fingerprint density at radius 3 is 2.68 bits per heavy atom. The van der Waals surface area contributed by atoms with Gasteiger partial charge in [-0.15, -0.1) is 0 Å². The van der Waals surface area contributed by atoms with E-state index in [1.807, 2.05) is 25.1 Å². The van der Waals surface area contributed by atoms with Crippen LogP contribution in [-0.2, 0) is 4.79 Å². The Kier molecular flexibility index (Phi) is 7.74.